The summed E-state index contributed by atoms with van der Waals surface area (Å²) in [6.45, 7) is 6.85. The summed E-state index contributed by atoms with van der Waals surface area (Å²) < 4.78 is 16.5. The average Bonchev–Trinajstić information content (AvgIpc) is 3.10. The van der Waals surface area contributed by atoms with Crippen molar-refractivity contribution in [2.24, 2.45) is 5.41 Å². The van der Waals surface area contributed by atoms with E-state index in [9.17, 15) is 9.90 Å². The molecule has 8 heteroatoms. The third-order valence-corrected chi connectivity index (χ3v) is 8.27. The average molecular weight is 563 g/mol. The van der Waals surface area contributed by atoms with Crippen molar-refractivity contribution in [3.63, 3.8) is 0 Å². The highest BCUT2D eigenvalue weighted by molar-refractivity contribution is 6.30. The number of carbonyl (C=O) groups excluding carboxylic acids is 1. The number of aliphatic hydroxyl groups is 1. The molecule has 0 amide bonds. The number of hydrogen-bond acceptors (Lipinski definition) is 7. The van der Waals surface area contributed by atoms with Crippen LogP contribution in [0, 0.1) is 5.41 Å². The van der Waals surface area contributed by atoms with Crippen molar-refractivity contribution in [1.82, 2.24) is 9.88 Å². The van der Waals surface area contributed by atoms with Crippen molar-refractivity contribution < 1.29 is 24.1 Å². The zero-order valence-corrected chi connectivity index (χ0v) is 23.9. The fraction of sp³-hybridized carbons (Fsp3) is 0.375. The Morgan fingerprint density at radius 3 is 2.73 bits per heavy atom. The van der Waals surface area contributed by atoms with Gasteiger partial charge in [0, 0.05) is 47.4 Å². The molecule has 3 aromatic rings. The van der Waals surface area contributed by atoms with Crippen molar-refractivity contribution >= 4 is 23.1 Å². The third kappa shape index (κ3) is 5.73. The predicted molar refractivity (Wildman–Crippen MR) is 154 cm³/mol. The number of piperidine rings is 1. The second kappa shape index (κ2) is 11.6. The number of benzene rings is 2. The lowest BCUT2D eigenvalue weighted by molar-refractivity contribution is -0.142. The van der Waals surface area contributed by atoms with E-state index in [1.165, 1.54) is 7.11 Å². The molecule has 2 aromatic carbocycles. The highest BCUT2D eigenvalue weighted by Gasteiger charge is 2.48. The van der Waals surface area contributed by atoms with E-state index in [2.05, 4.69) is 35.9 Å². The molecule has 0 saturated carbocycles. The third-order valence-electron chi connectivity index (χ3n) is 8.01. The summed E-state index contributed by atoms with van der Waals surface area (Å²) >= 11 is 6.10. The number of rotatable bonds is 7. The molecule has 210 valence electrons. The maximum atomic E-state index is 11.7. The van der Waals surface area contributed by atoms with Gasteiger partial charge >= 0.3 is 5.97 Å². The molecule has 2 aliphatic heterocycles. The van der Waals surface area contributed by atoms with Gasteiger partial charge in [0.15, 0.2) is 6.61 Å². The van der Waals surface area contributed by atoms with Crippen molar-refractivity contribution in [2.75, 3.05) is 33.4 Å². The molecule has 5 rings (SSSR count). The van der Waals surface area contributed by atoms with Gasteiger partial charge in [-0.05, 0) is 60.4 Å². The normalized spacial score (nSPS) is 21.1. The SMILES string of the molecule is COC(=O)COc1ccc2c(c1)/C(=C/CCN1CCC(O)(c3ccc(Cl)cc3)C(C)(C)C1)c1cccnc1CO2. The van der Waals surface area contributed by atoms with Crippen LogP contribution in [0.25, 0.3) is 5.57 Å². The quantitative estimate of drug-likeness (QED) is 0.374. The topological polar surface area (TPSA) is 81.1 Å². The lowest BCUT2D eigenvalue weighted by Gasteiger charge is -2.50. The maximum Gasteiger partial charge on any atom is 0.343 e. The lowest BCUT2D eigenvalue weighted by atomic mass is 9.66. The van der Waals surface area contributed by atoms with Gasteiger partial charge in [0.25, 0.3) is 0 Å². The second-order valence-corrected chi connectivity index (χ2v) is 11.4. The summed E-state index contributed by atoms with van der Waals surface area (Å²) in [7, 11) is 1.34. The molecule has 0 aliphatic carbocycles. The van der Waals surface area contributed by atoms with Gasteiger partial charge in [0.05, 0.1) is 18.4 Å². The minimum atomic E-state index is -0.921. The number of aromatic nitrogens is 1. The number of esters is 1. The Labute approximate surface area is 240 Å². The summed E-state index contributed by atoms with van der Waals surface area (Å²) in [6, 6.07) is 17.1. The van der Waals surface area contributed by atoms with Gasteiger partial charge in [-0.3, -0.25) is 4.98 Å². The van der Waals surface area contributed by atoms with Crippen LogP contribution in [-0.2, 0) is 21.7 Å². The maximum absolute atomic E-state index is 11.7. The standard InChI is InChI=1S/C32H35ClN2O5/c1-31(2)21-35(17-14-32(31,37)22-8-10-23(33)11-9-22)16-5-7-25-26-6-4-15-34-28(26)19-40-29-13-12-24(18-27(25)29)39-20-30(36)38-3/h4,6-13,15,18,37H,5,14,16-17,19-21H2,1-3H3/b25-7+. The first kappa shape index (κ1) is 28.1. The van der Waals surface area contributed by atoms with E-state index in [-0.39, 0.29) is 12.0 Å². The van der Waals surface area contributed by atoms with Crippen LogP contribution in [0.15, 0.2) is 66.9 Å². The molecule has 7 nitrogen and oxygen atoms in total. The van der Waals surface area contributed by atoms with E-state index in [1.54, 1.807) is 12.3 Å². The number of halogens is 1. The summed E-state index contributed by atoms with van der Waals surface area (Å²) in [5, 5.41) is 12.4. The van der Waals surface area contributed by atoms with Crippen LogP contribution in [0.2, 0.25) is 5.02 Å². The van der Waals surface area contributed by atoms with Gasteiger partial charge in [-0.25, -0.2) is 4.79 Å². The Bertz CT molecular complexity index is 1400. The summed E-state index contributed by atoms with van der Waals surface area (Å²) in [5.74, 6) is 0.857. The minimum absolute atomic E-state index is 0.166. The first-order valence-corrected chi connectivity index (χ1v) is 13.9. The fourth-order valence-corrected chi connectivity index (χ4v) is 5.84. The molecule has 3 heterocycles. The molecule has 0 radical (unpaired) electrons. The van der Waals surface area contributed by atoms with Gasteiger partial charge < -0.3 is 24.2 Å². The molecule has 40 heavy (non-hydrogen) atoms. The smallest absolute Gasteiger partial charge is 0.343 e. The van der Waals surface area contributed by atoms with Crippen LogP contribution in [0.5, 0.6) is 11.5 Å². The van der Waals surface area contributed by atoms with Gasteiger partial charge in [0.2, 0.25) is 0 Å². The zero-order valence-electron chi connectivity index (χ0n) is 23.2. The molecule has 1 fully saturated rings. The first-order valence-electron chi connectivity index (χ1n) is 13.5. The minimum Gasteiger partial charge on any atom is -0.487 e. The summed E-state index contributed by atoms with van der Waals surface area (Å²) in [4.78, 5) is 18.6. The Kier molecular flexibility index (Phi) is 8.17. The van der Waals surface area contributed by atoms with Crippen molar-refractivity contribution in [3.8, 4) is 11.5 Å². The molecule has 1 N–H and O–H groups in total. The van der Waals surface area contributed by atoms with Crippen LogP contribution in [0.3, 0.4) is 0 Å². The highest BCUT2D eigenvalue weighted by Crippen LogP contribution is 2.46. The summed E-state index contributed by atoms with van der Waals surface area (Å²) in [6.07, 6.45) is 5.44. The van der Waals surface area contributed by atoms with Crippen molar-refractivity contribution in [2.45, 2.75) is 38.9 Å². The molecule has 2 aliphatic rings. The predicted octanol–water partition coefficient (Wildman–Crippen LogP) is 5.62. The van der Waals surface area contributed by atoms with Crippen LogP contribution in [0.1, 0.15) is 49.1 Å². The largest absolute Gasteiger partial charge is 0.487 e. The monoisotopic (exact) mass is 562 g/mol. The van der Waals surface area contributed by atoms with Crippen molar-refractivity contribution in [3.05, 3.63) is 94.3 Å². The highest BCUT2D eigenvalue weighted by atomic mass is 35.5. The van der Waals surface area contributed by atoms with Crippen LogP contribution in [0.4, 0.5) is 0 Å². The number of nitrogens with zero attached hydrogens (tertiary/aromatic N) is 2. The molecular formula is C32H35ClN2O5. The molecular weight excluding hydrogens is 528 g/mol. The zero-order chi connectivity index (χ0) is 28.3. The van der Waals surface area contributed by atoms with Gasteiger partial charge in [-0.15, -0.1) is 0 Å². The van der Waals surface area contributed by atoms with Crippen LogP contribution >= 0.6 is 11.6 Å². The molecule has 0 bridgehead atoms. The summed E-state index contributed by atoms with van der Waals surface area (Å²) in [5.41, 5.74) is 3.44. The van der Waals surface area contributed by atoms with Crippen molar-refractivity contribution in [1.29, 1.82) is 0 Å². The fourth-order valence-electron chi connectivity index (χ4n) is 5.72. The molecule has 1 atom stereocenters. The lowest BCUT2D eigenvalue weighted by Crippen LogP contribution is -2.55. The number of methoxy groups -OCH3 is 1. The van der Waals surface area contributed by atoms with Gasteiger partial charge in [-0.2, -0.15) is 0 Å². The molecule has 1 saturated heterocycles. The van der Waals surface area contributed by atoms with Crippen LogP contribution in [-0.4, -0.2) is 54.3 Å². The number of ether oxygens (including phenoxy) is 3. The number of likely N-dealkylation sites (tertiary alicyclic amines) is 1. The van der Waals surface area contributed by atoms with Gasteiger partial charge in [-0.1, -0.05) is 49.7 Å². The van der Waals surface area contributed by atoms with E-state index in [4.69, 9.17) is 25.8 Å². The Morgan fingerprint density at radius 1 is 1.18 bits per heavy atom. The van der Waals surface area contributed by atoms with Crippen LogP contribution < -0.4 is 9.47 Å². The van der Waals surface area contributed by atoms with E-state index >= 15 is 0 Å². The number of hydrogen-bond donors (Lipinski definition) is 1. The molecule has 0 spiro atoms. The number of pyridine rings is 1. The Morgan fingerprint density at radius 2 is 1.98 bits per heavy atom. The van der Waals surface area contributed by atoms with E-state index < -0.39 is 11.6 Å². The second-order valence-electron chi connectivity index (χ2n) is 11.0. The van der Waals surface area contributed by atoms with E-state index in [1.807, 2.05) is 42.5 Å². The van der Waals surface area contributed by atoms with E-state index in [0.29, 0.717) is 23.8 Å². The number of carbonyl (C=O) groups is 1. The molecule has 1 unspecified atom stereocenters. The number of fused-ring (bicyclic) bond motifs is 2. The first-order chi connectivity index (χ1) is 19.2. The van der Waals surface area contributed by atoms with Gasteiger partial charge in [0.1, 0.15) is 18.1 Å². The molecule has 1 aromatic heterocycles. The van der Waals surface area contributed by atoms with E-state index in [0.717, 1.165) is 59.8 Å². The Hall–Kier alpha value is -3.39. The Balaban J connectivity index is 1.36.